The molecule has 3 heteroatoms. The molecule has 0 fully saturated rings. The van der Waals surface area contributed by atoms with E-state index in [2.05, 4.69) is 0 Å². The lowest BCUT2D eigenvalue weighted by molar-refractivity contribution is 0.108. The van der Waals surface area contributed by atoms with Crippen LogP contribution in [0.5, 0.6) is 5.75 Å². The lowest BCUT2D eigenvalue weighted by Gasteiger charge is -2.14. The molecule has 0 aromatic heterocycles. The van der Waals surface area contributed by atoms with Crippen molar-refractivity contribution >= 4 is 0 Å². The Morgan fingerprint density at radius 3 is 2.59 bits per heavy atom. The van der Waals surface area contributed by atoms with Crippen LogP contribution in [0.15, 0.2) is 24.3 Å². The molecule has 1 aromatic rings. The molecule has 0 heterocycles. The molecular formula is C14H22O3. The maximum Gasteiger partial charge on any atom is 0.119 e. The predicted octanol–water partition coefficient (Wildman–Crippen LogP) is 2.67. The Labute approximate surface area is 103 Å². The maximum absolute atomic E-state index is 9.99. The van der Waals surface area contributed by atoms with Crippen LogP contribution in [0.1, 0.15) is 44.3 Å². The number of rotatable bonds is 7. The van der Waals surface area contributed by atoms with Gasteiger partial charge in [0.1, 0.15) is 5.75 Å². The highest BCUT2D eigenvalue weighted by Gasteiger charge is 2.11. The molecule has 0 bridgehead atoms. The lowest BCUT2D eigenvalue weighted by Crippen LogP contribution is -2.08. The van der Waals surface area contributed by atoms with Crippen molar-refractivity contribution in [2.24, 2.45) is 0 Å². The number of benzene rings is 1. The average Bonchev–Trinajstić information content (AvgIpc) is 2.36. The highest BCUT2D eigenvalue weighted by Crippen LogP contribution is 2.23. The fourth-order valence-corrected chi connectivity index (χ4v) is 1.84. The van der Waals surface area contributed by atoms with Crippen molar-refractivity contribution in [3.63, 3.8) is 0 Å². The molecule has 3 nitrogen and oxygen atoms in total. The van der Waals surface area contributed by atoms with Crippen molar-refractivity contribution in [1.82, 2.24) is 0 Å². The summed E-state index contributed by atoms with van der Waals surface area (Å²) in [6, 6.07) is 7.41. The summed E-state index contributed by atoms with van der Waals surface area (Å²) in [6.07, 6.45) is 2.14. The molecule has 0 aliphatic rings. The molecule has 1 aromatic carbocycles. The molecule has 0 saturated heterocycles. The molecular weight excluding hydrogens is 216 g/mol. The van der Waals surface area contributed by atoms with Crippen LogP contribution < -0.4 is 4.74 Å². The number of methoxy groups -OCH3 is 1. The SMILES string of the molecule is CCCC(O)CCC(O)c1cccc(OC)c1. The van der Waals surface area contributed by atoms with Gasteiger partial charge in [0.25, 0.3) is 0 Å². The van der Waals surface area contributed by atoms with E-state index in [1.165, 1.54) is 0 Å². The van der Waals surface area contributed by atoms with E-state index in [1.54, 1.807) is 7.11 Å². The average molecular weight is 238 g/mol. The van der Waals surface area contributed by atoms with Crippen LogP contribution >= 0.6 is 0 Å². The second-order valence-corrected chi connectivity index (χ2v) is 4.31. The summed E-state index contributed by atoms with van der Waals surface area (Å²) in [5.41, 5.74) is 0.841. The van der Waals surface area contributed by atoms with Gasteiger partial charge < -0.3 is 14.9 Å². The third-order valence-electron chi connectivity index (χ3n) is 2.87. The fourth-order valence-electron chi connectivity index (χ4n) is 1.84. The van der Waals surface area contributed by atoms with Gasteiger partial charge in [0.15, 0.2) is 0 Å². The van der Waals surface area contributed by atoms with E-state index in [4.69, 9.17) is 4.74 Å². The first-order valence-electron chi connectivity index (χ1n) is 6.17. The van der Waals surface area contributed by atoms with Crippen molar-refractivity contribution < 1.29 is 14.9 Å². The standard InChI is InChI=1S/C14H22O3/c1-3-5-12(15)8-9-14(16)11-6-4-7-13(10-11)17-2/h4,6-7,10,12,14-16H,3,5,8-9H2,1-2H3. The number of ether oxygens (including phenoxy) is 1. The molecule has 1 rings (SSSR count). The van der Waals surface area contributed by atoms with Crippen LogP contribution in [0.4, 0.5) is 0 Å². The van der Waals surface area contributed by atoms with E-state index in [9.17, 15) is 10.2 Å². The molecule has 2 unspecified atom stereocenters. The lowest BCUT2D eigenvalue weighted by atomic mass is 10.0. The zero-order chi connectivity index (χ0) is 12.7. The fraction of sp³-hybridized carbons (Fsp3) is 0.571. The molecule has 0 aliphatic heterocycles. The molecule has 2 N–H and O–H groups in total. The van der Waals surface area contributed by atoms with E-state index in [0.29, 0.717) is 12.8 Å². The summed E-state index contributed by atoms with van der Waals surface area (Å²) in [4.78, 5) is 0. The predicted molar refractivity (Wildman–Crippen MR) is 68.1 cm³/mol. The zero-order valence-corrected chi connectivity index (χ0v) is 10.6. The van der Waals surface area contributed by atoms with Gasteiger partial charge in [-0.2, -0.15) is 0 Å². The zero-order valence-electron chi connectivity index (χ0n) is 10.6. The number of hydrogen-bond acceptors (Lipinski definition) is 3. The Morgan fingerprint density at radius 2 is 1.94 bits per heavy atom. The van der Waals surface area contributed by atoms with E-state index in [1.807, 2.05) is 31.2 Å². The van der Waals surface area contributed by atoms with Crippen molar-refractivity contribution in [3.8, 4) is 5.75 Å². The van der Waals surface area contributed by atoms with Gasteiger partial charge in [-0.25, -0.2) is 0 Å². The third kappa shape index (κ3) is 4.75. The van der Waals surface area contributed by atoms with Gasteiger partial charge in [-0.1, -0.05) is 25.5 Å². The Hall–Kier alpha value is -1.06. The smallest absolute Gasteiger partial charge is 0.119 e. The van der Waals surface area contributed by atoms with Crippen LogP contribution in [-0.2, 0) is 0 Å². The monoisotopic (exact) mass is 238 g/mol. The Kier molecular flexibility index (Phi) is 6.01. The third-order valence-corrected chi connectivity index (χ3v) is 2.87. The molecule has 0 radical (unpaired) electrons. The molecule has 0 amide bonds. The molecule has 0 aliphatic carbocycles. The molecule has 96 valence electrons. The normalized spacial score (nSPS) is 14.4. The van der Waals surface area contributed by atoms with Crippen molar-refractivity contribution in [3.05, 3.63) is 29.8 Å². The second kappa shape index (κ2) is 7.30. The van der Waals surface area contributed by atoms with E-state index >= 15 is 0 Å². The van der Waals surface area contributed by atoms with Gasteiger partial charge in [0.2, 0.25) is 0 Å². The van der Waals surface area contributed by atoms with Crippen LogP contribution in [0.3, 0.4) is 0 Å². The highest BCUT2D eigenvalue weighted by atomic mass is 16.5. The topological polar surface area (TPSA) is 49.7 Å². The van der Waals surface area contributed by atoms with Gasteiger partial charge in [-0.05, 0) is 37.0 Å². The quantitative estimate of drug-likeness (QED) is 0.767. The van der Waals surface area contributed by atoms with Gasteiger partial charge in [0, 0.05) is 0 Å². The molecule has 17 heavy (non-hydrogen) atoms. The number of aliphatic hydroxyl groups is 2. The minimum atomic E-state index is -0.531. The second-order valence-electron chi connectivity index (χ2n) is 4.31. The van der Waals surface area contributed by atoms with Crippen LogP contribution in [0.25, 0.3) is 0 Å². The molecule has 0 spiro atoms. The number of aliphatic hydroxyl groups excluding tert-OH is 2. The minimum absolute atomic E-state index is 0.305. The van der Waals surface area contributed by atoms with E-state index < -0.39 is 6.10 Å². The first kappa shape index (κ1) is 14.0. The van der Waals surface area contributed by atoms with Crippen molar-refractivity contribution in [1.29, 1.82) is 0 Å². The van der Waals surface area contributed by atoms with Crippen molar-refractivity contribution in [2.75, 3.05) is 7.11 Å². The maximum atomic E-state index is 9.99. The Morgan fingerprint density at radius 1 is 1.18 bits per heavy atom. The molecule has 0 saturated carbocycles. The summed E-state index contributed by atoms with van der Waals surface area (Å²) in [6.45, 7) is 2.04. The summed E-state index contributed by atoms with van der Waals surface area (Å²) in [7, 11) is 1.61. The minimum Gasteiger partial charge on any atom is -0.497 e. The Balaban J connectivity index is 2.48. The van der Waals surface area contributed by atoms with E-state index in [-0.39, 0.29) is 6.10 Å². The summed E-state index contributed by atoms with van der Waals surface area (Å²) < 4.78 is 5.11. The van der Waals surface area contributed by atoms with Crippen LogP contribution in [-0.4, -0.2) is 23.4 Å². The first-order chi connectivity index (χ1) is 8.17. The number of hydrogen-bond donors (Lipinski definition) is 2. The van der Waals surface area contributed by atoms with E-state index in [0.717, 1.165) is 24.2 Å². The van der Waals surface area contributed by atoms with Crippen LogP contribution in [0.2, 0.25) is 0 Å². The summed E-state index contributed by atoms with van der Waals surface area (Å²) >= 11 is 0. The summed E-state index contributed by atoms with van der Waals surface area (Å²) in [5, 5.41) is 19.6. The van der Waals surface area contributed by atoms with Crippen LogP contribution in [0, 0.1) is 0 Å². The highest BCUT2D eigenvalue weighted by molar-refractivity contribution is 5.29. The van der Waals surface area contributed by atoms with Gasteiger partial charge in [0.05, 0.1) is 19.3 Å². The van der Waals surface area contributed by atoms with Gasteiger partial charge in [-0.3, -0.25) is 0 Å². The Bertz CT molecular complexity index is 325. The summed E-state index contributed by atoms with van der Waals surface area (Å²) in [5.74, 6) is 0.746. The van der Waals surface area contributed by atoms with Gasteiger partial charge in [-0.15, -0.1) is 0 Å². The van der Waals surface area contributed by atoms with Crippen molar-refractivity contribution in [2.45, 2.75) is 44.8 Å². The van der Waals surface area contributed by atoms with Gasteiger partial charge >= 0.3 is 0 Å². The first-order valence-corrected chi connectivity index (χ1v) is 6.17. The largest absolute Gasteiger partial charge is 0.497 e. The molecule has 2 atom stereocenters.